The van der Waals surface area contributed by atoms with Gasteiger partial charge in [-0.1, -0.05) is 13.0 Å². The number of ether oxygens (including phenoxy) is 4. The quantitative estimate of drug-likeness (QED) is 0.418. The molecule has 200 valence electrons. The van der Waals surface area contributed by atoms with Crippen molar-refractivity contribution < 1.29 is 32.8 Å². The lowest BCUT2D eigenvalue weighted by Gasteiger charge is -2.30. The Kier molecular flexibility index (Phi) is 8.96. The molecule has 10 heteroatoms. The zero-order valence-corrected chi connectivity index (χ0v) is 21.2. The fourth-order valence-electron chi connectivity index (χ4n) is 4.31. The first kappa shape index (κ1) is 26.8. The van der Waals surface area contributed by atoms with Gasteiger partial charge in [-0.15, -0.1) is 0 Å². The maximum Gasteiger partial charge on any atom is 0.162 e. The van der Waals surface area contributed by atoms with Gasteiger partial charge in [0.05, 0.1) is 26.9 Å². The lowest BCUT2D eigenvalue weighted by Crippen LogP contribution is -2.48. The van der Waals surface area contributed by atoms with Gasteiger partial charge in [-0.2, -0.15) is 0 Å². The second-order valence-corrected chi connectivity index (χ2v) is 9.08. The number of methoxy groups -OCH3 is 1. The number of halogens is 2. The minimum absolute atomic E-state index is 0.0676. The van der Waals surface area contributed by atoms with Gasteiger partial charge >= 0.3 is 0 Å². The Hall–Kier alpha value is -3.21. The van der Waals surface area contributed by atoms with E-state index in [-0.39, 0.29) is 25.5 Å². The van der Waals surface area contributed by atoms with Crippen LogP contribution in [0.2, 0.25) is 0 Å². The van der Waals surface area contributed by atoms with E-state index in [0.29, 0.717) is 44.3 Å². The van der Waals surface area contributed by atoms with E-state index in [2.05, 4.69) is 21.4 Å². The number of aliphatic hydroxyl groups is 1. The molecule has 0 bridgehead atoms. The van der Waals surface area contributed by atoms with E-state index in [9.17, 15) is 13.9 Å². The van der Waals surface area contributed by atoms with Crippen molar-refractivity contribution >= 4 is 0 Å². The van der Waals surface area contributed by atoms with Gasteiger partial charge in [0.25, 0.3) is 0 Å². The van der Waals surface area contributed by atoms with Crippen molar-refractivity contribution in [2.24, 2.45) is 0 Å². The summed E-state index contributed by atoms with van der Waals surface area (Å²) < 4.78 is 51.5. The first-order chi connectivity index (χ1) is 17.9. The predicted octanol–water partition coefficient (Wildman–Crippen LogP) is 3.45. The normalized spacial score (nSPS) is 18.4. The molecule has 0 radical (unpaired) electrons. The van der Waals surface area contributed by atoms with Crippen LogP contribution in [0.4, 0.5) is 8.78 Å². The summed E-state index contributed by atoms with van der Waals surface area (Å²) in [4.78, 5) is 6.40. The number of β-amino-alcohol motifs (C(OH)–C–C–N with tert-alkyl or cyclic N) is 1. The van der Waals surface area contributed by atoms with E-state index in [0.717, 1.165) is 29.9 Å². The third-order valence-corrected chi connectivity index (χ3v) is 6.18. The Morgan fingerprint density at radius 3 is 2.76 bits per heavy atom. The zero-order valence-electron chi connectivity index (χ0n) is 21.2. The molecule has 1 aromatic heterocycles. The second kappa shape index (κ2) is 12.4. The predicted molar refractivity (Wildman–Crippen MR) is 133 cm³/mol. The zero-order chi connectivity index (χ0) is 26.3. The lowest BCUT2D eigenvalue weighted by molar-refractivity contribution is -0.0647. The maximum absolute atomic E-state index is 13.5. The Bertz CT molecular complexity index is 1170. The molecule has 3 aromatic rings. The molecular formula is C27H33F2N3O5. The van der Waals surface area contributed by atoms with Crippen LogP contribution >= 0.6 is 0 Å². The van der Waals surface area contributed by atoms with E-state index >= 15 is 0 Å². The van der Waals surface area contributed by atoms with Gasteiger partial charge in [0.2, 0.25) is 0 Å². The Morgan fingerprint density at radius 2 is 1.97 bits per heavy atom. The summed E-state index contributed by atoms with van der Waals surface area (Å²) in [5.41, 5.74) is -0.340. The number of aryl methyl sites for hydroxylation is 1. The third kappa shape index (κ3) is 7.18. The fourth-order valence-corrected chi connectivity index (χ4v) is 4.31. The molecule has 1 aliphatic heterocycles. The molecule has 2 aromatic carbocycles. The highest BCUT2D eigenvalue weighted by molar-refractivity contribution is 5.43. The van der Waals surface area contributed by atoms with Crippen LogP contribution in [0.3, 0.4) is 0 Å². The Morgan fingerprint density at radius 1 is 1.11 bits per heavy atom. The van der Waals surface area contributed by atoms with Gasteiger partial charge in [0.15, 0.2) is 23.1 Å². The van der Waals surface area contributed by atoms with E-state index in [1.165, 1.54) is 6.07 Å². The number of rotatable bonds is 11. The molecule has 1 saturated heterocycles. The number of nitrogens with zero attached hydrogens (tertiary/aromatic N) is 3. The van der Waals surface area contributed by atoms with E-state index in [4.69, 9.17) is 18.9 Å². The number of hydrogen-bond donors (Lipinski definition) is 1. The minimum Gasteiger partial charge on any atom is -0.493 e. The molecule has 0 aliphatic carbocycles. The standard InChI is InChI=1S/C27H33F2N3O5/c1-3-26-30-8-9-32(26)11-13-36-25-14-20(4-7-24(25)34-2)16-31-10-12-35-18-27(33,17-31)19-37-21-5-6-22(28)23(29)15-21/h4-9,14-15,33H,3,10-13,16-19H2,1-2H3/t27-/m0/s1. The van der Waals surface area contributed by atoms with Crippen LogP contribution in [-0.2, 0) is 24.2 Å². The monoisotopic (exact) mass is 517 g/mol. The first-order valence-electron chi connectivity index (χ1n) is 12.3. The number of hydrogen-bond acceptors (Lipinski definition) is 7. The molecule has 0 unspecified atom stereocenters. The third-order valence-electron chi connectivity index (χ3n) is 6.18. The molecule has 0 amide bonds. The molecule has 1 aliphatic rings. The summed E-state index contributed by atoms with van der Waals surface area (Å²) in [5.74, 6) is 0.472. The van der Waals surface area contributed by atoms with Gasteiger partial charge in [0.1, 0.15) is 30.4 Å². The number of benzene rings is 2. The van der Waals surface area contributed by atoms with Crippen molar-refractivity contribution in [2.75, 3.05) is 46.6 Å². The highest BCUT2D eigenvalue weighted by atomic mass is 19.2. The van der Waals surface area contributed by atoms with Gasteiger partial charge in [-0.25, -0.2) is 13.8 Å². The molecule has 1 N–H and O–H groups in total. The second-order valence-electron chi connectivity index (χ2n) is 9.08. The average molecular weight is 518 g/mol. The first-order valence-corrected chi connectivity index (χ1v) is 12.3. The van der Waals surface area contributed by atoms with E-state index < -0.39 is 17.2 Å². The van der Waals surface area contributed by atoms with Crippen LogP contribution in [0.15, 0.2) is 48.8 Å². The molecular weight excluding hydrogens is 484 g/mol. The summed E-state index contributed by atoms with van der Waals surface area (Å²) in [6.07, 6.45) is 4.58. The van der Waals surface area contributed by atoms with Crippen molar-refractivity contribution in [1.29, 1.82) is 0 Å². The highest BCUT2D eigenvalue weighted by Crippen LogP contribution is 2.29. The summed E-state index contributed by atoms with van der Waals surface area (Å²) in [6.45, 7) is 5.01. The van der Waals surface area contributed by atoms with Crippen LogP contribution < -0.4 is 14.2 Å². The van der Waals surface area contributed by atoms with E-state index in [1.807, 2.05) is 24.4 Å². The van der Waals surface area contributed by atoms with E-state index in [1.54, 1.807) is 13.3 Å². The van der Waals surface area contributed by atoms with Crippen molar-refractivity contribution in [3.8, 4) is 17.2 Å². The highest BCUT2D eigenvalue weighted by Gasteiger charge is 2.33. The largest absolute Gasteiger partial charge is 0.493 e. The number of imidazole rings is 1. The van der Waals surface area contributed by atoms with Crippen molar-refractivity contribution in [2.45, 2.75) is 32.0 Å². The van der Waals surface area contributed by atoms with Gasteiger partial charge in [-0.3, -0.25) is 4.90 Å². The average Bonchev–Trinajstić information content (AvgIpc) is 3.26. The van der Waals surface area contributed by atoms with Crippen LogP contribution in [0, 0.1) is 11.6 Å². The summed E-state index contributed by atoms with van der Waals surface area (Å²) in [6, 6.07) is 9.04. The summed E-state index contributed by atoms with van der Waals surface area (Å²) >= 11 is 0. The topological polar surface area (TPSA) is 78.2 Å². The summed E-state index contributed by atoms with van der Waals surface area (Å²) in [5, 5.41) is 11.2. The van der Waals surface area contributed by atoms with Gasteiger partial charge in [0, 0.05) is 44.5 Å². The smallest absolute Gasteiger partial charge is 0.162 e. The molecule has 4 rings (SSSR count). The Labute approximate surface area is 215 Å². The molecule has 0 saturated carbocycles. The van der Waals surface area contributed by atoms with Crippen LogP contribution in [-0.4, -0.2) is 71.8 Å². The molecule has 0 spiro atoms. The van der Waals surface area contributed by atoms with Crippen molar-refractivity contribution in [3.63, 3.8) is 0 Å². The number of aromatic nitrogens is 2. The van der Waals surface area contributed by atoms with Crippen LogP contribution in [0.5, 0.6) is 17.2 Å². The van der Waals surface area contributed by atoms with Crippen LogP contribution in [0.1, 0.15) is 18.3 Å². The molecule has 8 nitrogen and oxygen atoms in total. The summed E-state index contributed by atoms with van der Waals surface area (Å²) in [7, 11) is 1.60. The molecule has 1 atom stereocenters. The Balaban J connectivity index is 1.38. The molecule has 37 heavy (non-hydrogen) atoms. The van der Waals surface area contributed by atoms with Crippen molar-refractivity contribution in [1.82, 2.24) is 14.5 Å². The molecule has 2 heterocycles. The van der Waals surface area contributed by atoms with Gasteiger partial charge in [-0.05, 0) is 29.8 Å². The SMILES string of the molecule is CCc1nccn1CCOc1cc(CN2CCOC[C@](O)(COc3ccc(F)c(F)c3)C2)ccc1OC. The maximum atomic E-state index is 13.5. The lowest BCUT2D eigenvalue weighted by atomic mass is 10.1. The minimum atomic E-state index is -1.32. The van der Waals surface area contributed by atoms with Crippen molar-refractivity contribution in [3.05, 3.63) is 71.8 Å². The molecule has 1 fully saturated rings. The van der Waals surface area contributed by atoms with Crippen LogP contribution in [0.25, 0.3) is 0 Å². The fraction of sp³-hybridized carbons (Fsp3) is 0.444. The van der Waals surface area contributed by atoms with Gasteiger partial charge < -0.3 is 28.6 Å².